The highest BCUT2D eigenvalue weighted by Gasteiger charge is 2.23. The van der Waals surface area contributed by atoms with Gasteiger partial charge in [-0.05, 0) is 6.42 Å². The van der Waals surface area contributed by atoms with E-state index in [1.165, 1.54) is 7.11 Å². The fourth-order valence-electron chi connectivity index (χ4n) is 1.04. The molecule has 0 heterocycles. The van der Waals surface area contributed by atoms with E-state index in [1.807, 2.05) is 0 Å². The third kappa shape index (κ3) is 5.86. The first-order chi connectivity index (χ1) is 7.92. The molecule has 0 bridgehead atoms. The maximum atomic E-state index is 11.4. The largest absolute Gasteiger partial charge is 0.480 e. The molecule has 0 aliphatic rings. The van der Waals surface area contributed by atoms with Gasteiger partial charge in [0, 0.05) is 18.9 Å². The molecule has 0 aromatic carbocycles. The zero-order chi connectivity index (χ0) is 13.4. The van der Waals surface area contributed by atoms with Crippen molar-refractivity contribution in [2.45, 2.75) is 25.8 Å². The summed E-state index contributed by atoms with van der Waals surface area (Å²) in [6.45, 7) is 1.73. The van der Waals surface area contributed by atoms with Gasteiger partial charge in [-0.1, -0.05) is 6.92 Å². The smallest absolute Gasteiger partial charge is 0.326 e. The van der Waals surface area contributed by atoms with Crippen molar-refractivity contribution in [1.29, 1.82) is 0 Å². The highest BCUT2D eigenvalue weighted by Crippen LogP contribution is 2.01. The Kier molecular flexibility index (Phi) is 6.88. The molecule has 0 aromatic rings. The van der Waals surface area contributed by atoms with Gasteiger partial charge in [-0.15, -0.1) is 0 Å². The van der Waals surface area contributed by atoms with E-state index in [4.69, 9.17) is 10.8 Å². The van der Waals surface area contributed by atoms with Crippen LogP contribution in [-0.4, -0.2) is 42.6 Å². The highest BCUT2D eigenvalue weighted by atomic mass is 16.5. The topological polar surface area (TPSA) is 119 Å². The van der Waals surface area contributed by atoms with E-state index in [9.17, 15) is 14.4 Å². The van der Waals surface area contributed by atoms with Crippen LogP contribution < -0.4 is 11.1 Å². The molecule has 2 unspecified atom stereocenters. The number of carbonyl (C=O) groups excluding carboxylic acids is 2. The summed E-state index contributed by atoms with van der Waals surface area (Å²) < 4.78 is 4.39. The lowest BCUT2D eigenvalue weighted by molar-refractivity contribution is -0.144. The number of aliphatic carboxylic acids is 1. The number of nitrogens with two attached hydrogens (primary N) is 1. The lowest BCUT2D eigenvalue weighted by atomic mass is 10.1. The summed E-state index contributed by atoms with van der Waals surface area (Å²) in [5.74, 6) is -2.61. The highest BCUT2D eigenvalue weighted by molar-refractivity contribution is 5.85. The molecule has 0 saturated carbocycles. The Bertz CT molecular complexity index is 292. The molecule has 0 aliphatic carbocycles. The Morgan fingerprint density at radius 1 is 1.41 bits per heavy atom. The van der Waals surface area contributed by atoms with Crippen LogP contribution in [0.1, 0.15) is 19.8 Å². The third-order valence-corrected chi connectivity index (χ3v) is 2.28. The fraction of sp³-hybridized carbons (Fsp3) is 0.700. The Labute approximate surface area is 99.3 Å². The first-order valence-corrected chi connectivity index (χ1v) is 5.22. The molecule has 1 amide bonds. The zero-order valence-electron chi connectivity index (χ0n) is 9.93. The molecule has 0 fully saturated rings. The van der Waals surface area contributed by atoms with Crippen LogP contribution in [0.3, 0.4) is 0 Å². The van der Waals surface area contributed by atoms with E-state index < -0.39 is 29.8 Å². The first-order valence-electron chi connectivity index (χ1n) is 5.22. The standard InChI is InChI=1S/C10H18N2O5/c1-6(5-11)9(14)12-7(10(15)16)3-4-8(13)17-2/h6-7H,3-5,11H2,1-2H3,(H,12,14)(H,15,16). The van der Waals surface area contributed by atoms with Crippen molar-refractivity contribution in [2.75, 3.05) is 13.7 Å². The van der Waals surface area contributed by atoms with Crippen LogP contribution in [0.25, 0.3) is 0 Å². The van der Waals surface area contributed by atoms with Crippen LogP contribution in [0, 0.1) is 5.92 Å². The number of nitrogens with one attached hydrogen (secondary N) is 1. The maximum Gasteiger partial charge on any atom is 0.326 e. The van der Waals surface area contributed by atoms with Crippen molar-refractivity contribution >= 4 is 17.8 Å². The molecule has 98 valence electrons. The second kappa shape index (κ2) is 7.61. The molecule has 0 spiro atoms. The third-order valence-electron chi connectivity index (χ3n) is 2.28. The Morgan fingerprint density at radius 3 is 2.41 bits per heavy atom. The van der Waals surface area contributed by atoms with Gasteiger partial charge in [0.2, 0.25) is 5.91 Å². The molecule has 0 aliphatic heterocycles. The summed E-state index contributed by atoms with van der Waals surface area (Å²) in [5, 5.41) is 11.2. The minimum absolute atomic E-state index is 0.00889. The number of methoxy groups -OCH3 is 1. The van der Waals surface area contributed by atoms with Crippen LogP contribution >= 0.6 is 0 Å². The van der Waals surface area contributed by atoms with Gasteiger partial charge in [-0.2, -0.15) is 0 Å². The van der Waals surface area contributed by atoms with Crippen molar-refractivity contribution in [2.24, 2.45) is 11.7 Å². The zero-order valence-corrected chi connectivity index (χ0v) is 9.93. The predicted octanol–water partition coefficient (Wildman–Crippen LogP) is -0.896. The first kappa shape index (κ1) is 15.4. The molecule has 0 rings (SSSR count). The van der Waals surface area contributed by atoms with Gasteiger partial charge in [0.15, 0.2) is 0 Å². The molecular weight excluding hydrogens is 228 g/mol. The molecule has 4 N–H and O–H groups in total. The van der Waals surface area contributed by atoms with Crippen LogP contribution in [0.2, 0.25) is 0 Å². The number of esters is 1. The second-order valence-electron chi connectivity index (χ2n) is 3.65. The van der Waals surface area contributed by atoms with Crippen LogP contribution in [0.5, 0.6) is 0 Å². The van der Waals surface area contributed by atoms with Crippen molar-refractivity contribution < 1.29 is 24.2 Å². The van der Waals surface area contributed by atoms with Crippen LogP contribution in [0.15, 0.2) is 0 Å². The fourth-order valence-corrected chi connectivity index (χ4v) is 1.04. The number of hydrogen-bond acceptors (Lipinski definition) is 5. The summed E-state index contributed by atoms with van der Waals surface area (Å²) in [6.07, 6.45) is -0.0736. The van der Waals surface area contributed by atoms with Crippen LogP contribution in [0.4, 0.5) is 0 Å². The normalized spacial score (nSPS) is 13.6. The summed E-state index contributed by atoms with van der Waals surface area (Å²) >= 11 is 0. The maximum absolute atomic E-state index is 11.4. The number of hydrogen-bond donors (Lipinski definition) is 3. The van der Waals surface area contributed by atoms with Crippen molar-refractivity contribution in [1.82, 2.24) is 5.32 Å². The van der Waals surface area contributed by atoms with Crippen molar-refractivity contribution in [3.63, 3.8) is 0 Å². The van der Waals surface area contributed by atoms with E-state index >= 15 is 0 Å². The minimum Gasteiger partial charge on any atom is -0.480 e. The summed E-state index contributed by atoms with van der Waals surface area (Å²) in [6, 6.07) is -1.10. The number of rotatable bonds is 7. The average molecular weight is 246 g/mol. The van der Waals surface area contributed by atoms with Crippen molar-refractivity contribution in [3.05, 3.63) is 0 Å². The van der Waals surface area contributed by atoms with Gasteiger partial charge in [-0.3, -0.25) is 9.59 Å². The predicted molar refractivity (Wildman–Crippen MR) is 59.0 cm³/mol. The van der Waals surface area contributed by atoms with Gasteiger partial charge in [0.1, 0.15) is 6.04 Å². The molecule has 0 radical (unpaired) electrons. The second-order valence-corrected chi connectivity index (χ2v) is 3.65. The van der Waals surface area contributed by atoms with Gasteiger partial charge in [0.05, 0.1) is 7.11 Å². The van der Waals surface area contributed by atoms with Crippen LogP contribution in [-0.2, 0) is 19.1 Å². The van der Waals surface area contributed by atoms with E-state index in [2.05, 4.69) is 10.1 Å². The van der Waals surface area contributed by atoms with Crippen molar-refractivity contribution in [3.8, 4) is 0 Å². The van der Waals surface area contributed by atoms with Gasteiger partial charge < -0.3 is 20.9 Å². The lowest BCUT2D eigenvalue weighted by Crippen LogP contribution is -2.44. The number of ether oxygens (including phenoxy) is 1. The van der Waals surface area contributed by atoms with E-state index in [0.717, 1.165) is 0 Å². The summed E-state index contributed by atoms with van der Waals surface area (Å²) in [7, 11) is 1.22. The Morgan fingerprint density at radius 2 is 2.00 bits per heavy atom. The number of carbonyl (C=O) groups is 3. The monoisotopic (exact) mass is 246 g/mol. The molecule has 17 heavy (non-hydrogen) atoms. The minimum atomic E-state index is -1.19. The van der Waals surface area contributed by atoms with E-state index in [-0.39, 0.29) is 19.4 Å². The van der Waals surface area contributed by atoms with Gasteiger partial charge in [0.25, 0.3) is 0 Å². The Balaban J connectivity index is 4.30. The van der Waals surface area contributed by atoms with E-state index in [1.54, 1.807) is 6.92 Å². The molecule has 7 heteroatoms. The number of amides is 1. The van der Waals surface area contributed by atoms with Gasteiger partial charge in [-0.25, -0.2) is 4.79 Å². The molecule has 0 saturated heterocycles. The number of carboxylic acid groups (broad SMARTS) is 1. The number of carboxylic acids is 1. The van der Waals surface area contributed by atoms with Gasteiger partial charge >= 0.3 is 11.9 Å². The molecular formula is C10H18N2O5. The Hall–Kier alpha value is -1.63. The summed E-state index contributed by atoms with van der Waals surface area (Å²) in [5.41, 5.74) is 5.29. The van der Waals surface area contributed by atoms with E-state index in [0.29, 0.717) is 0 Å². The molecule has 0 aromatic heterocycles. The quantitative estimate of drug-likeness (QED) is 0.501. The molecule has 7 nitrogen and oxygen atoms in total. The SMILES string of the molecule is COC(=O)CCC(NC(=O)C(C)CN)C(=O)O. The summed E-state index contributed by atoms with van der Waals surface area (Å²) in [4.78, 5) is 33.1. The average Bonchev–Trinajstić information content (AvgIpc) is 2.31. The molecule has 2 atom stereocenters. The lowest BCUT2D eigenvalue weighted by Gasteiger charge is -2.16.